The first-order valence-electron chi connectivity index (χ1n) is 6.76. The predicted octanol–water partition coefficient (Wildman–Crippen LogP) is 3.55. The lowest BCUT2D eigenvalue weighted by Gasteiger charge is -2.32. The van der Waals surface area contributed by atoms with Crippen molar-refractivity contribution in [1.29, 1.82) is 0 Å². The minimum absolute atomic E-state index is 0.0848. The zero-order valence-corrected chi connectivity index (χ0v) is 13.5. The quantitative estimate of drug-likeness (QED) is 0.779. The van der Waals surface area contributed by atoms with Crippen LogP contribution in [0.1, 0.15) is 43.5 Å². The maximum Gasteiger partial charge on any atom is 0.251 e. The van der Waals surface area contributed by atoms with Gasteiger partial charge in [-0.15, -0.1) is 0 Å². The molecule has 3 unspecified atom stereocenters. The Morgan fingerprint density at radius 2 is 2.05 bits per heavy atom. The predicted molar refractivity (Wildman–Crippen MR) is 84.3 cm³/mol. The third kappa shape index (κ3) is 3.61. The van der Waals surface area contributed by atoms with E-state index in [0.29, 0.717) is 11.5 Å². The second kappa shape index (κ2) is 6.11. The van der Waals surface area contributed by atoms with Crippen molar-refractivity contribution in [3.05, 3.63) is 27.3 Å². The molecule has 1 saturated carbocycles. The maximum atomic E-state index is 12.1. The van der Waals surface area contributed by atoms with Gasteiger partial charge >= 0.3 is 0 Å². The van der Waals surface area contributed by atoms with Gasteiger partial charge in [-0.25, -0.2) is 0 Å². The molecule has 0 radical (unpaired) electrons. The van der Waals surface area contributed by atoms with Gasteiger partial charge in [-0.3, -0.25) is 4.79 Å². The second-order valence-corrected chi connectivity index (χ2v) is 6.77. The number of benzene rings is 1. The second-order valence-electron chi connectivity index (χ2n) is 5.60. The highest BCUT2D eigenvalue weighted by Gasteiger charge is 2.25. The number of amides is 1. The zero-order chi connectivity index (χ0) is 14.0. The minimum atomic E-state index is -0.0848. The Balaban J connectivity index is 1.99. The molecule has 0 spiro atoms. The van der Waals surface area contributed by atoms with Crippen LogP contribution in [-0.2, 0) is 0 Å². The molecule has 1 aromatic carbocycles. The van der Waals surface area contributed by atoms with E-state index in [9.17, 15) is 9.90 Å². The van der Waals surface area contributed by atoms with E-state index in [1.807, 2.05) is 22.6 Å². The van der Waals surface area contributed by atoms with Gasteiger partial charge in [0.1, 0.15) is 5.75 Å². The normalized spacial score (nSPS) is 27.0. The summed E-state index contributed by atoms with van der Waals surface area (Å²) in [6.45, 7) is 4.53. The summed E-state index contributed by atoms with van der Waals surface area (Å²) in [6.07, 6.45) is 3.26. The first-order chi connectivity index (χ1) is 8.97. The molecule has 0 bridgehead atoms. The monoisotopic (exact) mass is 373 g/mol. The standard InChI is InChI=1S/C15H20INO2/c1-9-3-5-12(7-10(9)2)17-15(19)11-4-6-13(16)14(18)8-11/h4,6,8-10,12,18H,3,5,7H2,1-2H3,(H,17,19). The van der Waals surface area contributed by atoms with Crippen LogP contribution < -0.4 is 5.32 Å². The van der Waals surface area contributed by atoms with Gasteiger partial charge in [0.2, 0.25) is 0 Å². The van der Waals surface area contributed by atoms with Crippen molar-refractivity contribution in [3.63, 3.8) is 0 Å². The van der Waals surface area contributed by atoms with Crippen LogP contribution in [-0.4, -0.2) is 17.1 Å². The van der Waals surface area contributed by atoms with Crippen molar-refractivity contribution in [2.24, 2.45) is 11.8 Å². The summed E-state index contributed by atoms with van der Waals surface area (Å²) < 4.78 is 0.759. The van der Waals surface area contributed by atoms with Gasteiger partial charge < -0.3 is 10.4 Å². The SMILES string of the molecule is CC1CCC(NC(=O)c2ccc(I)c(O)c2)CC1C. The van der Waals surface area contributed by atoms with Crippen molar-refractivity contribution in [1.82, 2.24) is 5.32 Å². The van der Waals surface area contributed by atoms with E-state index in [4.69, 9.17) is 0 Å². The summed E-state index contributed by atoms with van der Waals surface area (Å²) >= 11 is 2.04. The molecule has 3 nitrogen and oxygen atoms in total. The molecule has 104 valence electrons. The molecule has 0 heterocycles. The number of aromatic hydroxyl groups is 1. The average molecular weight is 373 g/mol. The maximum absolute atomic E-state index is 12.1. The third-order valence-corrected chi connectivity index (χ3v) is 5.05. The molecule has 1 aliphatic carbocycles. The molecule has 1 aliphatic rings. The van der Waals surface area contributed by atoms with E-state index in [2.05, 4.69) is 19.2 Å². The summed E-state index contributed by atoms with van der Waals surface area (Å²) in [5.74, 6) is 1.48. The molecular formula is C15H20INO2. The van der Waals surface area contributed by atoms with Crippen molar-refractivity contribution in [2.75, 3.05) is 0 Å². The van der Waals surface area contributed by atoms with Crippen LogP contribution in [0.25, 0.3) is 0 Å². The number of rotatable bonds is 2. The highest BCUT2D eigenvalue weighted by molar-refractivity contribution is 14.1. The molecule has 1 fully saturated rings. The Labute approximate surface area is 127 Å². The molecule has 0 saturated heterocycles. The molecule has 19 heavy (non-hydrogen) atoms. The molecule has 3 atom stereocenters. The van der Waals surface area contributed by atoms with E-state index >= 15 is 0 Å². The number of phenolic OH excluding ortho intramolecular Hbond substituents is 1. The van der Waals surface area contributed by atoms with Crippen LogP contribution >= 0.6 is 22.6 Å². The Morgan fingerprint density at radius 3 is 2.68 bits per heavy atom. The number of phenols is 1. The number of carbonyl (C=O) groups is 1. The van der Waals surface area contributed by atoms with E-state index in [-0.39, 0.29) is 17.7 Å². The molecule has 2 N–H and O–H groups in total. The Hall–Kier alpha value is -0.780. The molecule has 2 rings (SSSR count). The van der Waals surface area contributed by atoms with E-state index in [1.165, 1.54) is 12.5 Å². The van der Waals surface area contributed by atoms with Crippen molar-refractivity contribution < 1.29 is 9.90 Å². The highest BCUT2D eigenvalue weighted by Crippen LogP contribution is 2.29. The van der Waals surface area contributed by atoms with Crippen LogP contribution in [0, 0.1) is 15.4 Å². The van der Waals surface area contributed by atoms with Gasteiger partial charge in [0.05, 0.1) is 3.57 Å². The van der Waals surface area contributed by atoms with Gasteiger partial charge in [-0.05, 0) is 71.9 Å². The Bertz CT molecular complexity index is 475. The highest BCUT2D eigenvalue weighted by atomic mass is 127. The number of hydrogen-bond donors (Lipinski definition) is 2. The van der Waals surface area contributed by atoms with Gasteiger partial charge in [0, 0.05) is 11.6 Å². The zero-order valence-electron chi connectivity index (χ0n) is 11.3. The van der Waals surface area contributed by atoms with Crippen LogP contribution in [0.5, 0.6) is 5.75 Å². The van der Waals surface area contributed by atoms with Crippen LogP contribution in [0.2, 0.25) is 0 Å². The van der Waals surface area contributed by atoms with Gasteiger partial charge in [-0.2, -0.15) is 0 Å². The smallest absolute Gasteiger partial charge is 0.251 e. The third-order valence-electron chi connectivity index (χ3n) is 4.14. The first-order valence-corrected chi connectivity index (χ1v) is 7.84. The average Bonchev–Trinajstić information content (AvgIpc) is 2.37. The summed E-state index contributed by atoms with van der Waals surface area (Å²) in [6, 6.07) is 5.31. The lowest BCUT2D eigenvalue weighted by atomic mass is 9.79. The molecular weight excluding hydrogens is 353 g/mol. The van der Waals surface area contributed by atoms with Crippen LogP contribution in [0.3, 0.4) is 0 Å². The topological polar surface area (TPSA) is 49.3 Å². The van der Waals surface area contributed by atoms with Crippen LogP contribution in [0.4, 0.5) is 0 Å². The first kappa shape index (κ1) is 14.6. The van der Waals surface area contributed by atoms with E-state index in [1.54, 1.807) is 12.1 Å². The van der Waals surface area contributed by atoms with E-state index < -0.39 is 0 Å². The van der Waals surface area contributed by atoms with Crippen molar-refractivity contribution >= 4 is 28.5 Å². The summed E-state index contributed by atoms with van der Waals surface area (Å²) in [7, 11) is 0. The fourth-order valence-electron chi connectivity index (χ4n) is 2.60. The fourth-order valence-corrected chi connectivity index (χ4v) is 2.94. The molecule has 0 aromatic heterocycles. The lowest BCUT2D eigenvalue weighted by Crippen LogP contribution is -2.39. The number of carbonyl (C=O) groups excluding carboxylic acids is 1. The molecule has 4 heteroatoms. The Kier molecular flexibility index (Phi) is 4.71. The van der Waals surface area contributed by atoms with Gasteiger partial charge in [0.15, 0.2) is 0 Å². The van der Waals surface area contributed by atoms with Gasteiger partial charge in [0.25, 0.3) is 5.91 Å². The van der Waals surface area contributed by atoms with Gasteiger partial charge in [-0.1, -0.05) is 13.8 Å². The summed E-state index contributed by atoms with van der Waals surface area (Å²) in [5.41, 5.74) is 0.532. The van der Waals surface area contributed by atoms with Crippen molar-refractivity contribution in [2.45, 2.75) is 39.2 Å². The summed E-state index contributed by atoms with van der Waals surface area (Å²) in [4.78, 5) is 12.1. The Morgan fingerprint density at radius 1 is 1.32 bits per heavy atom. The largest absolute Gasteiger partial charge is 0.507 e. The fraction of sp³-hybridized carbons (Fsp3) is 0.533. The summed E-state index contributed by atoms with van der Waals surface area (Å²) in [5, 5.41) is 12.7. The van der Waals surface area contributed by atoms with E-state index in [0.717, 1.165) is 22.3 Å². The minimum Gasteiger partial charge on any atom is -0.507 e. The number of nitrogens with one attached hydrogen (secondary N) is 1. The molecule has 1 amide bonds. The van der Waals surface area contributed by atoms with Crippen molar-refractivity contribution in [3.8, 4) is 5.75 Å². The number of hydrogen-bond acceptors (Lipinski definition) is 2. The number of halogens is 1. The molecule has 0 aliphatic heterocycles. The lowest BCUT2D eigenvalue weighted by molar-refractivity contribution is 0.0910. The van der Waals surface area contributed by atoms with Crippen LogP contribution in [0.15, 0.2) is 18.2 Å². The molecule has 1 aromatic rings.